The number of aryl methyl sites for hydroxylation is 2. The minimum absolute atomic E-state index is 0. The van der Waals surface area contributed by atoms with E-state index in [2.05, 4.69) is 41.0 Å². The van der Waals surface area contributed by atoms with E-state index in [1.807, 2.05) is 13.8 Å². The second-order valence-corrected chi connectivity index (χ2v) is 10.3. The van der Waals surface area contributed by atoms with Crippen molar-refractivity contribution in [3.63, 3.8) is 0 Å². The molecule has 49 heavy (non-hydrogen) atoms. The van der Waals surface area contributed by atoms with Crippen LogP contribution in [0.15, 0.2) is 95.4 Å². The zero-order valence-electron chi connectivity index (χ0n) is 26.1. The fourth-order valence-electron chi connectivity index (χ4n) is 4.15. The molecule has 0 bridgehead atoms. The number of pyridine rings is 4. The molecule has 0 spiro atoms. The van der Waals surface area contributed by atoms with Crippen molar-refractivity contribution in [1.29, 1.82) is 0 Å². The standard InChI is InChI=1S/2C17H13FN4O2.Zn/c2*1-10-2-3-11(8-19-10)17(24)22-20-9-13-6-12-7-14(18)4-5-15(12)21-16(13)23;/h2*2-9H,1H3,(H,21,23)(H,22,24);/b2*20-9+;. The van der Waals surface area contributed by atoms with Crippen LogP contribution in [0.3, 0.4) is 0 Å². The number of aromatic hydroxyl groups is 2. The van der Waals surface area contributed by atoms with Gasteiger partial charge in [0.25, 0.3) is 11.8 Å². The quantitative estimate of drug-likeness (QED) is 0.105. The molecular formula is C34H26F2N8O4Zn. The zero-order valence-corrected chi connectivity index (χ0v) is 29.1. The van der Waals surface area contributed by atoms with Crippen molar-refractivity contribution in [3.05, 3.63) is 130 Å². The van der Waals surface area contributed by atoms with Gasteiger partial charge in [0.15, 0.2) is 0 Å². The molecule has 0 unspecified atom stereocenters. The Bertz CT molecular complexity index is 2040. The third kappa shape index (κ3) is 9.49. The van der Waals surface area contributed by atoms with Crippen molar-refractivity contribution in [1.82, 2.24) is 30.8 Å². The third-order valence-corrected chi connectivity index (χ3v) is 6.66. The van der Waals surface area contributed by atoms with Gasteiger partial charge in [-0.15, -0.1) is 0 Å². The first-order valence-corrected chi connectivity index (χ1v) is 14.2. The van der Waals surface area contributed by atoms with E-state index in [1.54, 1.807) is 24.3 Å². The number of hydrogen-bond acceptors (Lipinski definition) is 10. The molecule has 4 heterocycles. The minimum Gasteiger partial charge on any atom is -0.493 e. The predicted molar refractivity (Wildman–Crippen MR) is 175 cm³/mol. The van der Waals surface area contributed by atoms with Crippen LogP contribution in [-0.2, 0) is 19.5 Å². The second-order valence-electron chi connectivity index (χ2n) is 10.3. The summed E-state index contributed by atoms with van der Waals surface area (Å²) in [4.78, 5) is 39.8. The maximum Gasteiger partial charge on any atom is 0.272 e. The third-order valence-electron chi connectivity index (χ3n) is 6.66. The molecule has 0 fully saturated rings. The Labute approximate surface area is 290 Å². The van der Waals surface area contributed by atoms with Gasteiger partial charge in [-0.2, -0.15) is 10.2 Å². The average Bonchev–Trinajstić information content (AvgIpc) is 3.06. The predicted octanol–water partition coefficient (Wildman–Crippen LogP) is 5.09. The van der Waals surface area contributed by atoms with Crippen LogP contribution in [0.4, 0.5) is 8.78 Å². The second kappa shape index (κ2) is 16.2. The molecule has 6 aromatic rings. The van der Waals surface area contributed by atoms with Crippen molar-refractivity contribution in [2.75, 3.05) is 0 Å². The summed E-state index contributed by atoms with van der Waals surface area (Å²) in [6.07, 6.45) is 5.37. The number of amides is 2. The number of rotatable bonds is 6. The molecule has 0 aliphatic heterocycles. The van der Waals surface area contributed by atoms with Gasteiger partial charge in [-0.25, -0.2) is 29.6 Å². The number of halogens is 2. The number of hydrogen-bond donors (Lipinski definition) is 4. The van der Waals surface area contributed by atoms with Crippen LogP contribution < -0.4 is 10.9 Å². The van der Waals surface area contributed by atoms with Crippen LogP contribution in [0, 0.1) is 25.5 Å². The molecular weight excluding hydrogens is 688 g/mol. The molecule has 242 valence electrons. The van der Waals surface area contributed by atoms with Crippen LogP contribution in [-0.4, -0.2) is 54.4 Å². The number of aromatic nitrogens is 4. The Morgan fingerprint density at radius 2 is 1.06 bits per heavy atom. The molecule has 15 heteroatoms. The van der Waals surface area contributed by atoms with Crippen molar-refractivity contribution >= 4 is 46.0 Å². The molecule has 0 aliphatic carbocycles. The number of benzene rings is 2. The van der Waals surface area contributed by atoms with E-state index in [4.69, 9.17) is 0 Å². The van der Waals surface area contributed by atoms with E-state index < -0.39 is 23.4 Å². The van der Waals surface area contributed by atoms with Gasteiger partial charge in [0, 0.05) is 54.0 Å². The number of carbonyl (C=O) groups is 2. The van der Waals surface area contributed by atoms with Gasteiger partial charge in [-0.05, 0) is 86.6 Å². The van der Waals surface area contributed by atoms with Gasteiger partial charge < -0.3 is 10.2 Å². The number of nitrogens with zero attached hydrogens (tertiary/aromatic N) is 6. The summed E-state index contributed by atoms with van der Waals surface area (Å²) in [6, 6.07) is 17.8. The Morgan fingerprint density at radius 3 is 1.43 bits per heavy atom. The normalized spacial score (nSPS) is 10.9. The molecule has 4 N–H and O–H groups in total. The fraction of sp³-hybridized carbons (Fsp3) is 0.0588. The molecule has 6 rings (SSSR count). The molecule has 0 atom stereocenters. The number of fused-ring (bicyclic) bond motifs is 2. The van der Waals surface area contributed by atoms with E-state index in [9.17, 15) is 28.6 Å². The maximum atomic E-state index is 13.3. The van der Waals surface area contributed by atoms with Gasteiger partial charge in [0.1, 0.15) is 11.6 Å². The summed E-state index contributed by atoms with van der Waals surface area (Å²) >= 11 is 0. The topological polar surface area (TPSA) is 175 Å². The molecule has 0 aliphatic rings. The molecule has 12 nitrogen and oxygen atoms in total. The Morgan fingerprint density at radius 1 is 0.653 bits per heavy atom. The largest absolute Gasteiger partial charge is 0.493 e. The maximum absolute atomic E-state index is 13.3. The van der Waals surface area contributed by atoms with E-state index in [0.29, 0.717) is 32.9 Å². The first-order valence-electron chi connectivity index (χ1n) is 14.2. The molecule has 2 amide bonds. The van der Waals surface area contributed by atoms with Crippen LogP contribution in [0.5, 0.6) is 11.8 Å². The smallest absolute Gasteiger partial charge is 0.272 e. The van der Waals surface area contributed by atoms with Crippen LogP contribution in [0.25, 0.3) is 21.8 Å². The molecule has 2 aromatic carbocycles. The van der Waals surface area contributed by atoms with E-state index in [-0.39, 0.29) is 42.4 Å². The Kier molecular flexibility index (Phi) is 11.8. The first-order chi connectivity index (χ1) is 23.0. The molecule has 4 aromatic heterocycles. The van der Waals surface area contributed by atoms with E-state index in [1.165, 1.54) is 73.4 Å². The van der Waals surface area contributed by atoms with Crippen LogP contribution in [0.2, 0.25) is 0 Å². The zero-order chi connectivity index (χ0) is 34.2. The van der Waals surface area contributed by atoms with E-state index in [0.717, 1.165) is 11.4 Å². The summed E-state index contributed by atoms with van der Waals surface area (Å²) in [5.74, 6) is -2.19. The summed E-state index contributed by atoms with van der Waals surface area (Å²) in [7, 11) is 0. The van der Waals surface area contributed by atoms with E-state index >= 15 is 0 Å². The van der Waals surface area contributed by atoms with Gasteiger partial charge in [0.2, 0.25) is 11.8 Å². The van der Waals surface area contributed by atoms with Gasteiger partial charge in [0.05, 0.1) is 45.7 Å². The number of hydrazone groups is 2. The summed E-state index contributed by atoms with van der Waals surface area (Å²) in [5.41, 5.74) is 8.42. The summed E-state index contributed by atoms with van der Waals surface area (Å²) < 4.78 is 26.5. The van der Waals surface area contributed by atoms with Crippen molar-refractivity contribution in [3.8, 4) is 11.8 Å². The molecule has 0 saturated carbocycles. The van der Waals surface area contributed by atoms with Gasteiger partial charge in [-0.3, -0.25) is 19.6 Å². The monoisotopic (exact) mass is 712 g/mol. The minimum atomic E-state index is -0.432. The summed E-state index contributed by atoms with van der Waals surface area (Å²) in [6.45, 7) is 3.64. The average molecular weight is 714 g/mol. The van der Waals surface area contributed by atoms with Crippen molar-refractivity contribution < 1.29 is 48.1 Å². The molecule has 0 radical (unpaired) electrons. The van der Waals surface area contributed by atoms with Crippen LogP contribution in [0.1, 0.15) is 43.2 Å². The van der Waals surface area contributed by atoms with Crippen molar-refractivity contribution in [2.24, 2.45) is 10.2 Å². The van der Waals surface area contributed by atoms with Crippen LogP contribution >= 0.6 is 0 Å². The van der Waals surface area contributed by atoms with Crippen molar-refractivity contribution in [2.45, 2.75) is 13.8 Å². The Hall–Kier alpha value is -6.08. The molecule has 0 saturated heterocycles. The summed E-state index contributed by atoms with van der Waals surface area (Å²) in [5, 5.41) is 28.3. The fourth-order valence-corrected chi connectivity index (χ4v) is 4.15. The number of nitrogens with one attached hydrogen (secondary N) is 2. The SMILES string of the molecule is Cc1ccc(C(=O)N/N=C/c2cc3cc(F)ccc3nc2O)cn1.Cc1ccc(C(=O)N/N=C/c2cc3cc(F)ccc3nc2O)cn1.[Zn]. The Balaban J connectivity index is 0.000000216. The first kappa shape index (κ1) is 35.8. The van der Waals surface area contributed by atoms with Gasteiger partial charge >= 0.3 is 0 Å². The van der Waals surface area contributed by atoms with Gasteiger partial charge in [-0.1, -0.05) is 0 Å². The number of carbonyl (C=O) groups excluding carboxylic acids is 2.